The predicted octanol–water partition coefficient (Wildman–Crippen LogP) is 3.79. The second kappa shape index (κ2) is 11.1. The van der Waals surface area contributed by atoms with Crippen molar-refractivity contribution in [3.05, 3.63) is 35.4 Å². The molecule has 0 heterocycles. The molecule has 2 heteroatoms. The summed E-state index contributed by atoms with van der Waals surface area (Å²) in [6.45, 7) is 4.49. The summed E-state index contributed by atoms with van der Waals surface area (Å²) in [5.41, 5.74) is 2.98. The first kappa shape index (κ1) is 15.6. The molecule has 0 atom stereocenters. The van der Waals surface area contributed by atoms with Crippen LogP contribution in [-0.4, -0.2) is 6.15 Å². The summed E-state index contributed by atoms with van der Waals surface area (Å²) in [7, 11) is 0. The number of rotatable bonds is 6. The summed E-state index contributed by atoms with van der Waals surface area (Å²) >= 11 is 0. The van der Waals surface area contributed by atoms with Gasteiger partial charge in [-0.25, -0.2) is 0 Å². The molecule has 1 aromatic carbocycles. The molecule has 0 saturated carbocycles. The third-order valence-electron chi connectivity index (χ3n) is 2.63. The van der Waals surface area contributed by atoms with E-state index >= 15 is 0 Å². The van der Waals surface area contributed by atoms with Gasteiger partial charge in [-0.2, -0.15) is 9.59 Å². The first-order chi connectivity index (χ1) is 8.28. The minimum Gasteiger partial charge on any atom is -0.186 e. The molecular weight excluding hydrogens is 212 g/mol. The van der Waals surface area contributed by atoms with Crippen molar-refractivity contribution in [3.8, 4) is 0 Å². The number of unbranched alkanes of at least 4 members (excludes halogenated alkanes) is 2. The number of benzene rings is 1. The summed E-state index contributed by atoms with van der Waals surface area (Å²) in [6.07, 6.45) is 7.97. The maximum atomic E-state index is 8.12. The topological polar surface area (TPSA) is 34.1 Å². The van der Waals surface area contributed by atoms with E-state index in [9.17, 15) is 0 Å². The molecular formula is C15H22O2. The molecule has 94 valence electrons. The third kappa shape index (κ3) is 8.41. The summed E-state index contributed by atoms with van der Waals surface area (Å²) in [5, 5.41) is 0. The Morgan fingerprint density at radius 3 is 1.71 bits per heavy atom. The number of hydrogen-bond acceptors (Lipinski definition) is 2. The Hall–Kier alpha value is -1.40. The SMILES string of the molecule is CCCCCc1ccc(CCC)cc1.O=C=O. The quantitative estimate of drug-likeness (QED) is 0.702. The molecule has 0 spiro atoms. The molecule has 0 aliphatic carbocycles. The van der Waals surface area contributed by atoms with Crippen LogP contribution in [0.25, 0.3) is 0 Å². The van der Waals surface area contributed by atoms with Crippen molar-refractivity contribution in [2.75, 3.05) is 0 Å². The van der Waals surface area contributed by atoms with Crippen LogP contribution in [0.4, 0.5) is 0 Å². The fraction of sp³-hybridized carbons (Fsp3) is 0.533. The van der Waals surface area contributed by atoms with Crippen LogP contribution in [0.1, 0.15) is 50.7 Å². The van der Waals surface area contributed by atoms with Gasteiger partial charge in [0.25, 0.3) is 0 Å². The van der Waals surface area contributed by atoms with Crippen LogP contribution >= 0.6 is 0 Å². The maximum Gasteiger partial charge on any atom is 0.373 e. The highest BCUT2D eigenvalue weighted by atomic mass is 16.2. The van der Waals surface area contributed by atoms with Crippen LogP contribution in [0.15, 0.2) is 24.3 Å². The molecule has 2 nitrogen and oxygen atoms in total. The van der Waals surface area contributed by atoms with E-state index in [0.717, 1.165) is 0 Å². The first-order valence-corrected chi connectivity index (χ1v) is 6.35. The minimum atomic E-state index is 0.250. The van der Waals surface area contributed by atoms with Crippen molar-refractivity contribution in [1.82, 2.24) is 0 Å². The van der Waals surface area contributed by atoms with Crippen LogP contribution in [-0.2, 0) is 22.4 Å². The van der Waals surface area contributed by atoms with Crippen molar-refractivity contribution in [1.29, 1.82) is 0 Å². The number of hydrogen-bond donors (Lipinski definition) is 0. The van der Waals surface area contributed by atoms with Gasteiger partial charge in [0.05, 0.1) is 0 Å². The Bertz CT molecular complexity index is 308. The standard InChI is InChI=1S/C14H22.CO2/c1-3-5-6-8-14-11-9-13(7-4-2)10-12-14;2-1-3/h9-12H,3-8H2,1-2H3;. The van der Waals surface area contributed by atoms with Crippen LogP contribution in [0.2, 0.25) is 0 Å². The van der Waals surface area contributed by atoms with Gasteiger partial charge in [0.15, 0.2) is 0 Å². The second-order valence-corrected chi connectivity index (χ2v) is 4.11. The average Bonchev–Trinajstić information content (AvgIpc) is 2.33. The van der Waals surface area contributed by atoms with Crippen LogP contribution in [0, 0.1) is 0 Å². The van der Waals surface area contributed by atoms with Gasteiger partial charge in [-0.05, 0) is 30.4 Å². The first-order valence-electron chi connectivity index (χ1n) is 6.35. The molecule has 0 N–H and O–H groups in total. The van der Waals surface area contributed by atoms with Gasteiger partial charge < -0.3 is 0 Å². The fourth-order valence-electron chi connectivity index (χ4n) is 1.74. The van der Waals surface area contributed by atoms with Gasteiger partial charge in [-0.1, -0.05) is 57.4 Å². The lowest BCUT2D eigenvalue weighted by atomic mass is 10.0. The third-order valence-corrected chi connectivity index (χ3v) is 2.63. The molecule has 0 fully saturated rings. The summed E-state index contributed by atoms with van der Waals surface area (Å²) in [4.78, 5) is 16.2. The highest BCUT2D eigenvalue weighted by Crippen LogP contribution is 2.09. The molecule has 0 aromatic heterocycles. The van der Waals surface area contributed by atoms with E-state index in [4.69, 9.17) is 9.59 Å². The maximum absolute atomic E-state index is 8.12. The van der Waals surface area contributed by atoms with Crippen molar-refractivity contribution >= 4 is 6.15 Å². The summed E-state index contributed by atoms with van der Waals surface area (Å²) in [5.74, 6) is 0. The molecule has 0 aliphatic heterocycles. The highest BCUT2D eigenvalue weighted by Gasteiger charge is 1.94. The van der Waals surface area contributed by atoms with Gasteiger partial charge in [0.2, 0.25) is 0 Å². The molecule has 17 heavy (non-hydrogen) atoms. The lowest BCUT2D eigenvalue weighted by Gasteiger charge is -2.02. The normalized spacial score (nSPS) is 9.06. The molecule has 1 rings (SSSR count). The van der Waals surface area contributed by atoms with E-state index in [1.807, 2.05) is 0 Å². The second-order valence-electron chi connectivity index (χ2n) is 4.11. The van der Waals surface area contributed by atoms with Gasteiger partial charge in [-0.3, -0.25) is 0 Å². The smallest absolute Gasteiger partial charge is 0.186 e. The summed E-state index contributed by atoms with van der Waals surface area (Å²) < 4.78 is 0. The zero-order valence-corrected chi connectivity index (χ0v) is 10.9. The number of carbonyl (C=O) groups excluding carboxylic acids is 2. The fourth-order valence-corrected chi connectivity index (χ4v) is 1.74. The summed E-state index contributed by atoms with van der Waals surface area (Å²) in [6, 6.07) is 9.15. The molecule has 1 aromatic rings. The lowest BCUT2D eigenvalue weighted by molar-refractivity contribution is -0.191. The van der Waals surface area contributed by atoms with Crippen molar-refractivity contribution in [2.45, 2.75) is 52.4 Å². The zero-order chi connectivity index (χ0) is 12.9. The zero-order valence-electron chi connectivity index (χ0n) is 10.9. The molecule has 0 unspecified atom stereocenters. The lowest BCUT2D eigenvalue weighted by Crippen LogP contribution is -1.87. The molecule has 0 amide bonds. The Balaban J connectivity index is 0.000000770. The average molecular weight is 234 g/mol. The van der Waals surface area contributed by atoms with E-state index in [2.05, 4.69) is 38.1 Å². The van der Waals surface area contributed by atoms with E-state index in [0.29, 0.717) is 0 Å². The molecule has 0 saturated heterocycles. The Kier molecular flexibility index (Phi) is 10.2. The number of aryl methyl sites for hydroxylation is 2. The minimum absolute atomic E-state index is 0.250. The predicted molar refractivity (Wildman–Crippen MR) is 68.7 cm³/mol. The van der Waals surface area contributed by atoms with Crippen molar-refractivity contribution < 1.29 is 9.59 Å². The van der Waals surface area contributed by atoms with Crippen molar-refractivity contribution in [3.63, 3.8) is 0 Å². The largest absolute Gasteiger partial charge is 0.373 e. The molecule has 0 radical (unpaired) electrons. The molecule has 0 aliphatic rings. The van der Waals surface area contributed by atoms with E-state index in [1.165, 1.54) is 49.7 Å². The van der Waals surface area contributed by atoms with Gasteiger partial charge in [0, 0.05) is 0 Å². The Labute approximate surface area is 104 Å². The van der Waals surface area contributed by atoms with E-state index in [-0.39, 0.29) is 6.15 Å². The van der Waals surface area contributed by atoms with Crippen LogP contribution in [0.5, 0.6) is 0 Å². The Morgan fingerprint density at radius 2 is 1.29 bits per heavy atom. The highest BCUT2D eigenvalue weighted by molar-refractivity contribution is 5.22. The van der Waals surface area contributed by atoms with Gasteiger partial charge >= 0.3 is 6.15 Å². The monoisotopic (exact) mass is 234 g/mol. The van der Waals surface area contributed by atoms with Crippen LogP contribution in [0.3, 0.4) is 0 Å². The Morgan fingerprint density at radius 1 is 0.824 bits per heavy atom. The molecule has 0 bridgehead atoms. The van der Waals surface area contributed by atoms with Gasteiger partial charge in [-0.15, -0.1) is 0 Å². The van der Waals surface area contributed by atoms with E-state index < -0.39 is 0 Å². The van der Waals surface area contributed by atoms with Crippen molar-refractivity contribution in [2.24, 2.45) is 0 Å². The van der Waals surface area contributed by atoms with E-state index in [1.54, 1.807) is 0 Å². The van der Waals surface area contributed by atoms with Gasteiger partial charge in [0.1, 0.15) is 0 Å². The van der Waals surface area contributed by atoms with Crippen LogP contribution < -0.4 is 0 Å².